The van der Waals surface area contributed by atoms with Gasteiger partial charge in [0.05, 0.1) is 0 Å². The maximum absolute atomic E-state index is 14.7. The number of rotatable bonds is 4. The zero-order valence-corrected chi connectivity index (χ0v) is 14.3. The number of pyridine rings is 1. The fraction of sp³-hybridized carbons (Fsp3) is 0.562. The Morgan fingerprint density at radius 3 is 2.10 bits per heavy atom. The summed E-state index contributed by atoms with van der Waals surface area (Å²) in [4.78, 5) is 4.47. The topological polar surface area (TPSA) is 17.8 Å². The number of aromatic nitrogens is 2. The van der Waals surface area contributed by atoms with Gasteiger partial charge in [-0.2, -0.15) is 4.39 Å². The van der Waals surface area contributed by atoms with Crippen LogP contribution < -0.4 is 0 Å². The first-order valence-corrected chi connectivity index (χ1v) is 9.63. The molecule has 2 rings (SSSR count). The molecule has 2 nitrogen and oxygen atoms in total. The molecule has 0 N–H and O–H groups in total. The van der Waals surface area contributed by atoms with Gasteiger partial charge in [0.1, 0.15) is 5.65 Å². The van der Waals surface area contributed by atoms with Crippen molar-refractivity contribution >= 4 is 19.3 Å². The molecule has 4 heteroatoms. The van der Waals surface area contributed by atoms with E-state index in [4.69, 9.17) is 0 Å². The fourth-order valence-electron chi connectivity index (χ4n) is 4.15. The number of hydrogen-bond acceptors (Lipinski definition) is 1. The summed E-state index contributed by atoms with van der Waals surface area (Å²) in [6.45, 7) is 13.4. The summed E-state index contributed by atoms with van der Waals surface area (Å²) in [5, 5.41) is 0.906. The molecule has 0 aliphatic heterocycles. The van der Waals surface area contributed by atoms with Crippen molar-refractivity contribution in [1.82, 2.24) is 9.22 Å². The van der Waals surface area contributed by atoms with Crippen molar-refractivity contribution in [2.24, 2.45) is 0 Å². The predicted molar refractivity (Wildman–Crippen MR) is 86.1 cm³/mol. The second kappa shape index (κ2) is 5.32. The third kappa shape index (κ3) is 2.01. The van der Waals surface area contributed by atoms with Crippen LogP contribution in [0.2, 0.25) is 16.6 Å². The molecule has 110 valence electrons. The van der Waals surface area contributed by atoms with Crippen molar-refractivity contribution in [3.05, 3.63) is 30.3 Å². The Morgan fingerprint density at radius 2 is 1.60 bits per heavy atom. The van der Waals surface area contributed by atoms with E-state index in [2.05, 4.69) is 46.5 Å². The zero-order chi connectivity index (χ0) is 15.1. The molecule has 2 aromatic heterocycles. The van der Waals surface area contributed by atoms with Gasteiger partial charge in [0.2, 0.25) is 0 Å². The van der Waals surface area contributed by atoms with Crippen molar-refractivity contribution < 1.29 is 4.39 Å². The van der Waals surface area contributed by atoms with Crippen LogP contribution in [0.5, 0.6) is 0 Å². The highest BCUT2D eigenvalue weighted by atomic mass is 28.3. The highest BCUT2D eigenvalue weighted by molar-refractivity contribution is 6.82. The van der Waals surface area contributed by atoms with Crippen LogP contribution in [0.15, 0.2) is 24.4 Å². The molecule has 0 spiro atoms. The minimum absolute atomic E-state index is 0.124. The Labute approximate surface area is 122 Å². The molecule has 0 radical (unpaired) electrons. The Hall–Kier alpha value is -1.16. The molecule has 20 heavy (non-hydrogen) atoms. The summed E-state index contributed by atoms with van der Waals surface area (Å²) in [7, 11) is -2.08. The second-order valence-corrected chi connectivity index (χ2v) is 12.3. The molecule has 0 unspecified atom stereocenters. The maximum Gasteiger partial charge on any atom is 0.188 e. The molecule has 0 aromatic carbocycles. The van der Waals surface area contributed by atoms with Crippen molar-refractivity contribution in [3.63, 3.8) is 0 Å². The first kappa shape index (κ1) is 15.2. The summed E-state index contributed by atoms with van der Waals surface area (Å²) in [5.74, 6) is -0.124. The van der Waals surface area contributed by atoms with Gasteiger partial charge in [-0.15, -0.1) is 0 Å². The lowest BCUT2D eigenvalue weighted by Crippen LogP contribution is -2.52. The first-order chi connectivity index (χ1) is 9.33. The normalized spacial score (nSPS) is 13.1. The van der Waals surface area contributed by atoms with Gasteiger partial charge >= 0.3 is 0 Å². The molecule has 0 fully saturated rings. The van der Waals surface area contributed by atoms with Gasteiger partial charge in [-0.05, 0) is 28.8 Å². The van der Waals surface area contributed by atoms with Gasteiger partial charge in [-0.1, -0.05) is 41.5 Å². The third-order valence-electron chi connectivity index (χ3n) is 4.68. The Balaban J connectivity index is 2.85. The van der Waals surface area contributed by atoms with Gasteiger partial charge < -0.3 is 4.23 Å². The standard InChI is InChI=1S/C16H25FN2Si/c1-11(2)20(12(3)4,13(5)6)19-15(17)10-14-8-7-9-18-16(14)19/h7-13H,1-6H3. The van der Waals surface area contributed by atoms with E-state index in [9.17, 15) is 4.39 Å². The number of hydrogen-bond donors (Lipinski definition) is 0. The Morgan fingerprint density at radius 1 is 1.05 bits per heavy atom. The molecule has 0 atom stereocenters. The van der Waals surface area contributed by atoms with Crippen LogP contribution in [-0.2, 0) is 0 Å². The quantitative estimate of drug-likeness (QED) is 0.708. The van der Waals surface area contributed by atoms with Gasteiger partial charge in [-0.25, -0.2) is 4.98 Å². The molecule has 0 saturated carbocycles. The van der Waals surface area contributed by atoms with E-state index in [0.717, 1.165) is 11.0 Å². The summed E-state index contributed by atoms with van der Waals surface area (Å²) >= 11 is 0. The molecule has 0 aliphatic carbocycles. The number of fused-ring (bicyclic) bond motifs is 1. The fourth-order valence-corrected chi connectivity index (χ4v) is 10.7. The van der Waals surface area contributed by atoms with Crippen LogP contribution >= 0.6 is 0 Å². The lowest BCUT2D eigenvalue weighted by atomic mass is 10.3. The Bertz CT molecular complexity index is 580. The smallest absolute Gasteiger partial charge is 0.188 e. The van der Waals surface area contributed by atoms with Crippen molar-refractivity contribution in [3.8, 4) is 0 Å². The summed E-state index contributed by atoms with van der Waals surface area (Å²) in [6, 6.07) is 5.45. The minimum Gasteiger partial charge on any atom is -0.330 e. The highest BCUT2D eigenvalue weighted by Gasteiger charge is 2.47. The van der Waals surface area contributed by atoms with E-state index in [1.165, 1.54) is 0 Å². The average Bonchev–Trinajstić information content (AvgIpc) is 2.66. The third-order valence-corrected chi connectivity index (χ3v) is 11.4. The van der Waals surface area contributed by atoms with E-state index in [-0.39, 0.29) is 5.95 Å². The van der Waals surface area contributed by atoms with Gasteiger partial charge in [0.25, 0.3) is 0 Å². The van der Waals surface area contributed by atoms with Crippen LogP contribution in [0.1, 0.15) is 41.5 Å². The molecular formula is C16H25FN2Si. The van der Waals surface area contributed by atoms with Crippen LogP contribution in [-0.4, -0.2) is 17.5 Å². The Kier molecular flexibility index (Phi) is 4.05. The summed E-state index contributed by atoms with van der Waals surface area (Å²) in [5.41, 5.74) is 2.17. The zero-order valence-electron chi connectivity index (χ0n) is 13.3. The van der Waals surface area contributed by atoms with Gasteiger partial charge in [0.15, 0.2) is 14.2 Å². The number of nitrogens with zero attached hydrogens (tertiary/aromatic N) is 2. The average molecular weight is 292 g/mol. The van der Waals surface area contributed by atoms with Gasteiger partial charge in [-0.3, -0.25) is 0 Å². The van der Waals surface area contributed by atoms with Crippen molar-refractivity contribution in [2.45, 2.75) is 58.2 Å². The lowest BCUT2D eigenvalue weighted by Gasteiger charge is -2.44. The largest absolute Gasteiger partial charge is 0.330 e. The molecule has 0 aliphatic rings. The molecule has 2 heterocycles. The minimum atomic E-state index is -2.08. The maximum atomic E-state index is 14.7. The van der Waals surface area contributed by atoms with Gasteiger partial charge in [0, 0.05) is 17.6 Å². The summed E-state index contributed by atoms with van der Waals surface area (Å²) < 4.78 is 16.7. The van der Waals surface area contributed by atoms with E-state index in [1.807, 2.05) is 16.4 Å². The van der Waals surface area contributed by atoms with E-state index in [1.54, 1.807) is 12.3 Å². The van der Waals surface area contributed by atoms with E-state index >= 15 is 0 Å². The first-order valence-electron chi connectivity index (χ1n) is 7.45. The SMILES string of the molecule is CC(C)[Si](C(C)C)(C(C)C)n1c(F)cc2cccnc21. The second-order valence-electron chi connectivity index (χ2n) is 6.57. The van der Waals surface area contributed by atoms with Crippen LogP contribution in [0.25, 0.3) is 11.0 Å². The number of halogens is 1. The van der Waals surface area contributed by atoms with E-state index < -0.39 is 8.24 Å². The molecule has 0 saturated heterocycles. The lowest BCUT2D eigenvalue weighted by molar-refractivity contribution is 0.559. The van der Waals surface area contributed by atoms with Crippen LogP contribution in [0, 0.1) is 5.95 Å². The van der Waals surface area contributed by atoms with Crippen LogP contribution in [0.3, 0.4) is 0 Å². The highest BCUT2D eigenvalue weighted by Crippen LogP contribution is 2.44. The van der Waals surface area contributed by atoms with Crippen LogP contribution in [0.4, 0.5) is 4.39 Å². The summed E-state index contributed by atoms with van der Waals surface area (Å²) in [6.07, 6.45) is 1.76. The predicted octanol–water partition coefficient (Wildman–Crippen LogP) is 5.20. The molecule has 0 bridgehead atoms. The molecular weight excluding hydrogens is 267 g/mol. The van der Waals surface area contributed by atoms with Crippen molar-refractivity contribution in [2.75, 3.05) is 0 Å². The van der Waals surface area contributed by atoms with E-state index in [0.29, 0.717) is 16.6 Å². The van der Waals surface area contributed by atoms with Crippen molar-refractivity contribution in [1.29, 1.82) is 0 Å². The molecule has 0 amide bonds. The monoisotopic (exact) mass is 292 g/mol. The molecule has 2 aromatic rings.